The predicted octanol–water partition coefficient (Wildman–Crippen LogP) is 2.91. The van der Waals surface area contributed by atoms with Gasteiger partial charge in [0.25, 0.3) is 0 Å². The number of piperidine rings is 1. The van der Waals surface area contributed by atoms with E-state index in [4.69, 9.17) is 4.74 Å². The van der Waals surface area contributed by atoms with Gasteiger partial charge in [0.2, 0.25) is 0 Å². The zero-order valence-electron chi connectivity index (χ0n) is 14.2. The van der Waals surface area contributed by atoms with Gasteiger partial charge < -0.3 is 15.0 Å². The summed E-state index contributed by atoms with van der Waals surface area (Å²) >= 11 is 0. The molecule has 5 heteroatoms. The molecule has 23 heavy (non-hydrogen) atoms. The zero-order chi connectivity index (χ0) is 16.9. The number of carbonyl (C=O) groups is 2. The summed E-state index contributed by atoms with van der Waals surface area (Å²) in [6.45, 7) is 7.23. The SMILES string of the molecule is CCOC(=O)C1CCCN(C(=O)NC(C)(C)c2ccccc2)C1. The van der Waals surface area contributed by atoms with Crippen molar-refractivity contribution in [1.82, 2.24) is 10.2 Å². The largest absolute Gasteiger partial charge is 0.466 e. The van der Waals surface area contributed by atoms with Crippen LogP contribution in [0, 0.1) is 5.92 Å². The lowest BCUT2D eigenvalue weighted by molar-refractivity contribution is -0.149. The summed E-state index contributed by atoms with van der Waals surface area (Å²) < 4.78 is 5.08. The van der Waals surface area contributed by atoms with E-state index in [1.165, 1.54) is 0 Å². The third kappa shape index (κ3) is 4.47. The molecule has 0 aromatic heterocycles. The molecule has 1 aromatic rings. The average molecular weight is 318 g/mol. The first kappa shape index (κ1) is 17.3. The molecule has 1 saturated heterocycles. The monoisotopic (exact) mass is 318 g/mol. The minimum absolute atomic E-state index is 0.132. The second-order valence-electron chi connectivity index (χ2n) is 6.46. The van der Waals surface area contributed by atoms with Crippen molar-refractivity contribution in [3.8, 4) is 0 Å². The van der Waals surface area contributed by atoms with Crippen LogP contribution in [-0.4, -0.2) is 36.6 Å². The average Bonchev–Trinajstić information content (AvgIpc) is 2.55. The maximum atomic E-state index is 12.6. The lowest BCUT2D eigenvalue weighted by Crippen LogP contribution is -2.52. The number of likely N-dealkylation sites (tertiary alicyclic amines) is 1. The van der Waals surface area contributed by atoms with Gasteiger partial charge in [-0.05, 0) is 39.2 Å². The number of hydrogen-bond acceptors (Lipinski definition) is 3. The number of benzene rings is 1. The molecule has 0 saturated carbocycles. The fourth-order valence-electron chi connectivity index (χ4n) is 2.89. The van der Waals surface area contributed by atoms with E-state index in [9.17, 15) is 9.59 Å². The summed E-state index contributed by atoms with van der Waals surface area (Å²) in [6.07, 6.45) is 1.60. The number of carbonyl (C=O) groups excluding carboxylic acids is 2. The Balaban J connectivity index is 1.98. The Hall–Kier alpha value is -2.04. The molecule has 2 rings (SSSR count). The van der Waals surface area contributed by atoms with Crippen molar-refractivity contribution < 1.29 is 14.3 Å². The molecule has 2 amide bonds. The van der Waals surface area contributed by atoms with Gasteiger partial charge in [0.15, 0.2) is 0 Å². The first-order chi connectivity index (χ1) is 10.9. The normalized spacial score (nSPS) is 18.4. The lowest BCUT2D eigenvalue weighted by Gasteiger charge is -2.35. The molecule has 5 nitrogen and oxygen atoms in total. The van der Waals surface area contributed by atoms with Gasteiger partial charge in [-0.2, -0.15) is 0 Å². The second-order valence-corrected chi connectivity index (χ2v) is 6.46. The molecule has 0 spiro atoms. The zero-order valence-corrected chi connectivity index (χ0v) is 14.2. The van der Waals surface area contributed by atoms with Crippen molar-refractivity contribution in [2.75, 3.05) is 19.7 Å². The van der Waals surface area contributed by atoms with Crippen LogP contribution >= 0.6 is 0 Å². The molecule has 1 unspecified atom stereocenters. The van der Waals surface area contributed by atoms with Crippen molar-refractivity contribution in [3.05, 3.63) is 35.9 Å². The highest BCUT2D eigenvalue weighted by atomic mass is 16.5. The molecule has 1 atom stereocenters. The first-order valence-corrected chi connectivity index (χ1v) is 8.23. The van der Waals surface area contributed by atoms with Gasteiger partial charge in [0.1, 0.15) is 0 Å². The molecule has 0 aliphatic carbocycles. The van der Waals surface area contributed by atoms with Crippen LogP contribution in [0.25, 0.3) is 0 Å². The highest BCUT2D eigenvalue weighted by Gasteiger charge is 2.31. The highest BCUT2D eigenvalue weighted by molar-refractivity contribution is 5.78. The summed E-state index contributed by atoms with van der Waals surface area (Å²) in [4.78, 5) is 26.2. The van der Waals surface area contributed by atoms with Crippen molar-refractivity contribution in [3.63, 3.8) is 0 Å². The van der Waals surface area contributed by atoms with Crippen LogP contribution in [0.1, 0.15) is 39.2 Å². The summed E-state index contributed by atoms with van der Waals surface area (Å²) in [5, 5.41) is 3.07. The van der Waals surface area contributed by atoms with E-state index in [1.54, 1.807) is 11.8 Å². The highest BCUT2D eigenvalue weighted by Crippen LogP contribution is 2.22. The Bertz CT molecular complexity index is 542. The molecule has 1 aliphatic rings. The standard InChI is InChI=1S/C18H26N2O3/c1-4-23-16(21)14-9-8-12-20(13-14)17(22)19-18(2,3)15-10-6-5-7-11-15/h5-7,10-11,14H,4,8-9,12-13H2,1-3H3,(H,19,22). The lowest BCUT2D eigenvalue weighted by atomic mass is 9.94. The molecular weight excluding hydrogens is 292 g/mol. The van der Waals surface area contributed by atoms with Gasteiger partial charge >= 0.3 is 12.0 Å². The molecule has 1 aromatic carbocycles. The smallest absolute Gasteiger partial charge is 0.318 e. The Labute approximate surface area is 138 Å². The quantitative estimate of drug-likeness (QED) is 0.868. The summed E-state index contributed by atoms with van der Waals surface area (Å²) in [6, 6.07) is 9.74. The molecule has 0 radical (unpaired) electrons. The van der Waals surface area contributed by atoms with E-state index in [1.807, 2.05) is 44.2 Å². The number of nitrogens with zero attached hydrogens (tertiary/aromatic N) is 1. The molecule has 126 valence electrons. The number of nitrogens with one attached hydrogen (secondary N) is 1. The fourth-order valence-corrected chi connectivity index (χ4v) is 2.89. The third-order valence-electron chi connectivity index (χ3n) is 4.24. The number of amides is 2. The number of esters is 1. The first-order valence-electron chi connectivity index (χ1n) is 8.23. The number of ether oxygens (including phenoxy) is 1. The topological polar surface area (TPSA) is 58.6 Å². The number of urea groups is 1. The van der Waals surface area contributed by atoms with E-state index in [0.717, 1.165) is 18.4 Å². The van der Waals surface area contributed by atoms with Crippen LogP contribution in [-0.2, 0) is 15.1 Å². The van der Waals surface area contributed by atoms with Gasteiger partial charge in [-0.3, -0.25) is 4.79 Å². The van der Waals surface area contributed by atoms with E-state index >= 15 is 0 Å². The van der Waals surface area contributed by atoms with Gasteiger partial charge in [0.05, 0.1) is 18.1 Å². The Morgan fingerprint density at radius 3 is 2.65 bits per heavy atom. The van der Waals surface area contributed by atoms with E-state index in [0.29, 0.717) is 19.7 Å². The van der Waals surface area contributed by atoms with Crippen molar-refractivity contribution >= 4 is 12.0 Å². The maximum Gasteiger partial charge on any atom is 0.318 e. The Kier molecular flexibility index (Phi) is 5.64. The van der Waals surface area contributed by atoms with Crippen LogP contribution in [0.2, 0.25) is 0 Å². The fraction of sp³-hybridized carbons (Fsp3) is 0.556. The van der Waals surface area contributed by atoms with Crippen LogP contribution in [0.3, 0.4) is 0 Å². The van der Waals surface area contributed by atoms with Crippen molar-refractivity contribution in [2.45, 2.75) is 39.2 Å². The molecule has 0 bridgehead atoms. The second kappa shape index (κ2) is 7.49. The molecule has 1 aliphatic heterocycles. The Morgan fingerprint density at radius 2 is 2.00 bits per heavy atom. The van der Waals surface area contributed by atoms with E-state index in [2.05, 4.69) is 5.32 Å². The predicted molar refractivity (Wildman–Crippen MR) is 88.9 cm³/mol. The van der Waals surface area contributed by atoms with Gasteiger partial charge in [-0.15, -0.1) is 0 Å². The minimum Gasteiger partial charge on any atom is -0.466 e. The van der Waals surface area contributed by atoms with E-state index < -0.39 is 5.54 Å². The summed E-state index contributed by atoms with van der Waals surface area (Å²) in [7, 11) is 0. The number of rotatable bonds is 4. The van der Waals surface area contributed by atoms with Gasteiger partial charge in [-0.25, -0.2) is 4.79 Å². The third-order valence-corrected chi connectivity index (χ3v) is 4.24. The molecule has 1 N–H and O–H groups in total. The van der Waals surface area contributed by atoms with Crippen LogP contribution in [0.15, 0.2) is 30.3 Å². The number of hydrogen-bond donors (Lipinski definition) is 1. The van der Waals surface area contributed by atoms with Crippen LogP contribution in [0.4, 0.5) is 4.79 Å². The molecule has 1 fully saturated rings. The van der Waals surface area contributed by atoms with Crippen LogP contribution in [0.5, 0.6) is 0 Å². The van der Waals surface area contributed by atoms with Crippen LogP contribution < -0.4 is 5.32 Å². The Morgan fingerprint density at radius 1 is 1.30 bits per heavy atom. The molecular formula is C18H26N2O3. The van der Waals surface area contributed by atoms with Crippen molar-refractivity contribution in [1.29, 1.82) is 0 Å². The maximum absolute atomic E-state index is 12.6. The van der Waals surface area contributed by atoms with Gasteiger partial charge in [0, 0.05) is 13.1 Å². The van der Waals surface area contributed by atoms with Crippen molar-refractivity contribution in [2.24, 2.45) is 5.92 Å². The summed E-state index contributed by atoms with van der Waals surface area (Å²) in [5.74, 6) is -0.415. The minimum atomic E-state index is -0.463. The van der Waals surface area contributed by atoms with E-state index in [-0.39, 0.29) is 17.9 Å². The van der Waals surface area contributed by atoms with Gasteiger partial charge in [-0.1, -0.05) is 30.3 Å². The molecule has 1 heterocycles. The summed E-state index contributed by atoms with van der Waals surface area (Å²) in [5.41, 5.74) is 0.585.